The van der Waals surface area contributed by atoms with Gasteiger partial charge in [0.25, 0.3) is 5.91 Å². The molecule has 0 heterocycles. The number of methoxy groups -OCH3 is 1. The third-order valence-electron chi connectivity index (χ3n) is 2.61. The van der Waals surface area contributed by atoms with Crippen molar-refractivity contribution in [3.05, 3.63) is 29.3 Å². The fourth-order valence-corrected chi connectivity index (χ4v) is 1.53. The number of aliphatic hydroxyl groups is 1. The molecule has 17 heavy (non-hydrogen) atoms. The molecule has 0 saturated heterocycles. The van der Waals surface area contributed by atoms with Crippen LogP contribution in [0.1, 0.15) is 29.3 Å². The van der Waals surface area contributed by atoms with Crippen LogP contribution >= 0.6 is 0 Å². The van der Waals surface area contributed by atoms with E-state index in [1.165, 1.54) is 0 Å². The van der Waals surface area contributed by atoms with Gasteiger partial charge in [-0.3, -0.25) is 4.79 Å². The standard InChI is InChI=1S/C13H19NO3/c1-9-4-5-11(8-12(9)17-3)13(16)14-10(2)6-7-15/h4-5,8,10,15H,6-7H2,1-3H3,(H,14,16)/t10-/m1/s1. The summed E-state index contributed by atoms with van der Waals surface area (Å²) in [6, 6.07) is 5.29. The number of carbonyl (C=O) groups excluding carboxylic acids is 1. The molecule has 0 saturated carbocycles. The quantitative estimate of drug-likeness (QED) is 0.816. The van der Waals surface area contributed by atoms with Gasteiger partial charge < -0.3 is 15.2 Å². The first-order valence-electron chi connectivity index (χ1n) is 5.65. The molecule has 0 bridgehead atoms. The second kappa shape index (κ2) is 6.25. The van der Waals surface area contributed by atoms with Gasteiger partial charge in [0.05, 0.1) is 7.11 Å². The Balaban J connectivity index is 2.75. The first kappa shape index (κ1) is 13.5. The number of amides is 1. The van der Waals surface area contributed by atoms with Crippen LogP contribution in [0.3, 0.4) is 0 Å². The Labute approximate surface area is 102 Å². The molecule has 0 aliphatic carbocycles. The largest absolute Gasteiger partial charge is 0.496 e. The van der Waals surface area contributed by atoms with Crippen molar-refractivity contribution in [1.29, 1.82) is 0 Å². The molecule has 0 radical (unpaired) electrons. The van der Waals surface area contributed by atoms with Crippen molar-refractivity contribution in [2.45, 2.75) is 26.3 Å². The van der Waals surface area contributed by atoms with E-state index < -0.39 is 0 Å². The van der Waals surface area contributed by atoms with Gasteiger partial charge in [-0.15, -0.1) is 0 Å². The summed E-state index contributed by atoms with van der Waals surface area (Å²) < 4.78 is 5.17. The highest BCUT2D eigenvalue weighted by Crippen LogP contribution is 2.18. The first-order valence-corrected chi connectivity index (χ1v) is 5.65. The van der Waals surface area contributed by atoms with E-state index in [4.69, 9.17) is 9.84 Å². The van der Waals surface area contributed by atoms with E-state index in [-0.39, 0.29) is 18.6 Å². The van der Waals surface area contributed by atoms with Crippen LogP contribution in [0.15, 0.2) is 18.2 Å². The van der Waals surface area contributed by atoms with Crippen molar-refractivity contribution < 1.29 is 14.6 Å². The predicted octanol–water partition coefficient (Wildman–Crippen LogP) is 1.50. The molecule has 0 fully saturated rings. The third-order valence-corrected chi connectivity index (χ3v) is 2.61. The van der Waals surface area contributed by atoms with Gasteiger partial charge in [0.15, 0.2) is 0 Å². The monoisotopic (exact) mass is 237 g/mol. The topological polar surface area (TPSA) is 58.6 Å². The van der Waals surface area contributed by atoms with Crippen molar-refractivity contribution in [2.24, 2.45) is 0 Å². The highest BCUT2D eigenvalue weighted by Gasteiger charge is 2.11. The molecular weight excluding hydrogens is 218 g/mol. The predicted molar refractivity (Wildman–Crippen MR) is 66.4 cm³/mol. The van der Waals surface area contributed by atoms with E-state index in [1.807, 2.05) is 19.9 Å². The summed E-state index contributed by atoms with van der Waals surface area (Å²) in [5.74, 6) is 0.553. The van der Waals surface area contributed by atoms with Gasteiger partial charge in [-0.2, -0.15) is 0 Å². The summed E-state index contributed by atoms with van der Waals surface area (Å²) in [5.41, 5.74) is 1.56. The second-order valence-electron chi connectivity index (χ2n) is 4.07. The molecule has 0 aliphatic heterocycles. The zero-order valence-electron chi connectivity index (χ0n) is 10.5. The summed E-state index contributed by atoms with van der Waals surface area (Å²) in [5, 5.41) is 11.6. The van der Waals surface area contributed by atoms with Crippen LogP contribution in [0.5, 0.6) is 5.75 Å². The average molecular weight is 237 g/mol. The van der Waals surface area contributed by atoms with Gasteiger partial charge in [-0.25, -0.2) is 0 Å². The Morgan fingerprint density at radius 1 is 1.53 bits per heavy atom. The number of rotatable bonds is 5. The lowest BCUT2D eigenvalue weighted by Gasteiger charge is -2.13. The minimum absolute atomic E-state index is 0.0419. The molecule has 94 valence electrons. The molecule has 4 nitrogen and oxygen atoms in total. The first-order chi connectivity index (χ1) is 8.08. The van der Waals surface area contributed by atoms with Crippen LogP contribution in [0.25, 0.3) is 0 Å². The molecule has 0 spiro atoms. The fourth-order valence-electron chi connectivity index (χ4n) is 1.53. The van der Waals surface area contributed by atoms with Gasteiger partial charge in [0.1, 0.15) is 5.75 Å². The van der Waals surface area contributed by atoms with Crippen molar-refractivity contribution in [3.63, 3.8) is 0 Å². The molecule has 1 aromatic carbocycles. The Morgan fingerprint density at radius 3 is 2.82 bits per heavy atom. The van der Waals surface area contributed by atoms with E-state index in [1.54, 1.807) is 19.2 Å². The van der Waals surface area contributed by atoms with Gasteiger partial charge >= 0.3 is 0 Å². The van der Waals surface area contributed by atoms with Gasteiger partial charge in [-0.1, -0.05) is 6.07 Å². The summed E-state index contributed by atoms with van der Waals surface area (Å²) >= 11 is 0. The van der Waals surface area contributed by atoms with Gasteiger partial charge in [0.2, 0.25) is 0 Å². The molecule has 1 atom stereocenters. The Kier molecular flexibility index (Phi) is 4.97. The van der Waals surface area contributed by atoms with Crippen LogP contribution < -0.4 is 10.1 Å². The summed E-state index contributed by atoms with van der Waals surface area (Å²) in [6.45, 7) is 3.85. The molecule has 0 unspecified atom stereocenters. The summed E-state index contributed by atoms with van der Waals surface area (Å²) in [7, 11) is 1.58. The Bertz CT molecular complexity index is 390. The lowest BCUT2D eigenvalue weighted by Crippen LogP contribution is -2.33. The number of hydrogen-bond donors (Lipinski definition) is 2. The van der Waals surface area contributed by atoms with E-state index in [9.17, 15) is 4.79 Å². The minimum atomic E-state index is -0.149. The molecule has 0 aromatic heterocycles. The smallest absolute Gasteiger partial charge is 0.251 e. The SMILES string of the molecule is COc1cc(C(=O)N[C@H](C)CCO)ccc1C. The maximum Gasteiger partial charge on any atom is 0.251 e. The number of carbonyl (C=O) groups is 1. The van der Waals surface area contributed by atoms with Crippen molar-refractivity contribution in [3.8, 4) is 5.75 Å². The van der Waals surface area contributed by atoms with Crippen molar-refractivity contribution in [2.75, 3.05) is 13.7 Å². The zero-order chi connectivity index (χ0) is 12.8. The highest BCUT2D eigenvalue weighted by atomic mass is 16.5. The lowest BCUT2D eigenvalue weighted by atomic mass is 10.1. The lowest BCUT2D eigenvalue weighted by molar-refractivity contribution is 0.0934. The number of ether oxygens (including phenoxy) is 1. The van der Waals surface area contributed by atoms with Crippen LogP contribution in [-0.2, 0) is 0 Å². The number of aryl methyl sites for hydroxylation is 1. The van der Waals surface area contributed by atoms with Crippen LogP contribution in [0.4, 0.5) is 0 Å². The maximum absolute atomic E-state index is 11.9. The van der Waals surface area contributed by atoms with Crippen LogP contribution in [-0.4, -0.2) is 30.8 Å². The van der Waals surface area contributed by atoms with E-state index in [2.05, 4.69) is 5.32 Å². The molecule has 1 aromatic rings. The van der Waals surface area contributed by atoms with E-state index in [0.717, 1.165) is 5.56 Å². The summed E-state index contributed by atoms with van der Waals surface area (Å²) in [6.07, 6.45) is 0.550. The van der Waals surface area contributed by atoms with Crippen molar-refractivity contribution in [1.82, 2.24) is 5.32 Å². The van der Waals surface area contributed by atoms with Crippen LogP contribution in [0.2, 0.25) is 0 Å². The molecule has 0 aliphatic rings. The Morgan fingerprint density at radius 2 is 2.24 bits per heavy atom. The van der Waals surface area contributed by atoms with E-state index >= 15 is 0 Å². The number of nitrogens with one attached hydrogen (secondary N) is 1. The minimum Gasteiger partial charge on any atom is -0.496 e. The highest BCUT2D eigenvalue weighted by molar-refractivity contribution is 5.94. The van der Waals surface area contributed by atoms with Crippen LogP contribution in [0, 0.1) is 6.92 Å². The zero-order valence-corrected chi connectivity index (χ0v) is 10.5. The van der Waals surface area contributed by atoms with Gasteiger partial charge in [-0.05, 0) is 38.0 Å². The normalized spacial score (nSPS) is 12.0. The third kappa shape index (κ3) is 3.75. The number of benzene rings is 1. The van der Waals surface area contributed by atoms with Crippen molar-refractivity contribution >= 4 is 5.91 Å². The summed E-state index contributed by atoms with van der Waals surface area (Å²) in [4.78, 5) is 11.9. The molecular formula is C13H19NO3. The fraction of sp³-hybridized carbons (Fsp3) is 0.462. The maximum atomic E-state index is 11.9. The number of hydrogen-bond acceptors (Lipinski definition) is 3. The molecule has 1 amide bonds. The van der Waals surface area contributed by atoms with E-state index in [0.29, 0.717) is 17.7 Å². The van der Waals surface area contributed by atoms with Gasteiger partial charge in [0, 0.05) is 18.2 Å². The Hall–Kier alpha value is -1.55. The molecule has 4 heteroatoms. The average Bonchev–Trinajstić information content (AvgIpc) is 2.29. The number of aliphatic hydroxyl groups excluding tert-OH is 1. The molecule has 1 rings (SSSR count). The second-order valence-corrected chi connectivity index (χ2v) is 4.07. The molecule has 2 N–H and O–H groups in total.